The molecule has 0 N–H and O–H groups in total. The highest BCUT2D eigenvalue weighted by atomic mass is 14.9. The van der Waals surface area contributed by atoms with Crippen molar-refractivity contribution in [2.45, 2.75) is 157 Å². The second kappa shape index (κ2) is 13.7. The maximum Gasteiger partial charge on any atom is 0.0165 e. The summed E-state index contributed by atoms with van der Waals surface area (Å²) in [5.41, 5.74) is 2.61. The van der Waals surface area contributed by atoms with Crippen molar-refractivity contribution in [1.29, 1.82) is 0 Å². The van der Waals surface area contributed by atoms with Crippen LogP contribution in [0.2, 0.25) is 0 Å². The minimum atomic E-state index is 0.736. The third kappa shape index (κ3) is 7.36. The lowest BCUT2D eigenvalue weighted by Crippen LogP contribution is -2.15. The molecule has 3 aliphatic carbocycles. The fourth-order valence-corrected chi connectivity index (χ4v) is 7.84. The van der Waals surface area contributed by atoms with Crippen LogP contribution in [-0.4, -0.2) is 0 Å². The quantitative estimate of drug-likeness (QED) is 0.112. The first-order valence-electron chi connectivity index (χ1n) is 15.8. The second-order valence-corrected chi connectivity index (χ2v) is 12.7. The van der Waals surface area contributed by atoms with Gasteiger partial charge in [-0.1, -0.05) is 162 Å². The summed E-state index contributed by atoms with van der Waals surface area (Å²) in [6.45, 7) is 12.1. The molecule has 3 aliphatic rings. The van der Waals surface area contributed by atoms with Crippen LogP contribution in [0.4, 0.5) is 0 Å². The molecule has 0 nitrogen and oxygen atoms in total. The maximum absolute atomic E-state index is 2.66. The molecule has 0 saturated heterocycles. The van der Waals surface area contributed by atoms with E-state index < -0.39 is 0 Å². The third-order valence-corrected chi connectivity index (χ3v) is 10.1. The van der Waals surface area contributed by atoms with Gasteiger partial charge in [0.15, 0.2) is 0 Å². The third-order valence-electron chi connectivity index (χ3n) is 10.1. The molecule has 0 aromatic rings. The summed E-state index contributed by atoms with van der Waals surface area (Å²) < 4.78 is 0. The minimum absolute atomic E-state index is 0.736. The lowest BCUT2D eigenvalue weighted by Gasteiger charge is -2.27. The number of hydrogen-bond donors (Lipinski definition) is 0. The van der Waals surface area contributed by atoms with Crippen molar-refractivity contribution in [3.8, 4) is 0 Å². The van der Waals surface area contributed by atoms with E-state index in [0.29, 0.717) is 0 Å². The van der Waals surface area contributed by atoms with E-state index in [1.165, 1.54) is 122 Å². The molecule has 0 heterocycles. The van der Waals surface area contributed by atoms with Gasteiger partial charge in [-0.2, -0.15) is 0 Å². The summed E-state index contributed by atoms with van der Waals surface area (Å²) >= 11 is 0. The van der Waals surface area contributed by atoms with Gasteiger partial charge in [-0.25, -0.2) is 0 Å². The molecular weight excluding hydrogens is 396 g/mol. The molecule has 1 spiro atoms. The van der Waals surface area contributed by atoms with Gasteiger partial charge in [0.2, 0.25) is 0 Å². The van der Waals surface area contributed by atoms with Crippen molar-refractivity contribution >= 4 is 0 Å². The minimum Gasteiger partial charge on any atom is -0.0733 e. The van der Waals surface area contributed by atoms with Gasteiger partial charge in [0.05, 0.1) is 0 Å². The molecule has 2 fully saturated rings. The molecule has 0 radical (unpaired) electrons. The number of fused-ring (bicyclic) bond motifs is 3. The van der Waals surface area contributed by atoms with E-state index in [1.54, 1.807) is 0 Å². The Morgan fingerprint density at radius 2 is 1.09 bits per heavy atom. The van der Waals surface area contributed by atoms with Crippen molar-refractivity contribution in [2.75, 3.05) is 0 Å². The Morgan fingerprint density at radius 1 is 0.606 bits per heavy atom. The van der Waals surface area contributed by atoms with Crippen molar-refractivity contribution in [1.82, 2.24) is 0 Å². The van der Waals surface area contributed by atoms with Gasteiger partial charge < -0.3 is 0 Å². The van der Waals surface area contributed by atoms with Crippen molar-refractivity contribution < 1.29 is 0 Å². The van der Waals surface area contributed by atoms with Gasteiger partial charge in [-0.15, -0.1) is 0 Å². The summed E-state index contributed by atoms with van der Waals surface area (Å²) in [6.07, 6.45) is 30.5. The highest BCUT2D eigenvalue weighted by Gasteiger charge is 2.86. The van der Waals surface area contributed by atoms with E-state index in [2.05, 4.69) is 40.7 Å². The van der Waals surface area contributed by atoms with Crippen LogP contribution >= 0.6 is 0 Å². The Hall–Kier alpha value is -0.260. The van der Waals surface area contributed by atoms with E-state index in [9.17, 15) is 0 Å². The fraction of sp³-hybridized carbons (Fsp3) is 0.939. The molecule has 0 aromatic carbocycles. The molecule has 33 heavy (non-hydrogen) atoms. The maximum atomic E-state index is 2.66. The van der Waals surface area contributed by atoms with Gasteiger partial charge in [0, 0.05) is 5.41 Å². The Morgan fingerprint density at radius 3 is 1.64 bits per heavy atom. The molecule has 0 aromatic heterocycles. The first kappa shape index (κ1) is 27.3. The SMILES string of the molecule is CCCCCCC(CCCC)C(CCC)CCCCCCCCCC(C)C1=CC12C1C(C)C12. The van der Waals surface area contributed by atoms with Crippen LogP contribution in [-0.2, 0) is 0 Å². The largest absolute Gasteiger partial charge is 0.0733 e. The van der Waals surface area contributed by atoms with Gasteiger partial charge in [0.25, 0.3) is 0 Å². The number of allylic oxidation sites excluding steroid dienone is 2. The van der Waals surface area contributed by atoms with Crippen molar-refractivity contribution in [3.05, 3.63) is 11.6 Å². The second-order valence-electron chi connectivity index (χ2n) is 12.7. The van der Waals surface area contributed by atoms with Crippen LogP contribution < -0.4 is 0 Å². The smallest absolute Gasteiger partial charge is 0.0165 e. The van der Waals surface area contributed by atoms with E-state index in [0.717, 1.165) is 40.9 Å². The van der Waals surface area contributed by atoms with E-state index in [-0.39, 0.29) is 0 Å². The van der Waals surface area contributed by atoms with Gasteiger partial charge >= 0.3 is 0 Å². The molecule has 5 unspecified atom stereocenters. The lowest BCUT2D eigenvalue weighted by atomic mass is 9.78. The summed E-state index contributed by atoms with van der Waals surface area (Å²) in [7, 11) is 0. The van der Waals surface area contributed by atoms with Crippen LogP contribution in [0.3, 0.4) is 0 Å². The summed E-state index contributed by atoms with van der Waals surface area (Å²) in [5.74, 6) is 6.21. The van der Waals surface area contributed by atoms with E-state index in [4.69, 9.17) is 0 Å². The standard InChI is InChI=1S/C33H60/c1-6-9-11-18-24-29(22-10-7-2)28(20-8-3)23-19-16-14-12-13-15-17-21-26(4)30-25-33(30)31-27(5)32(31)33/h25-29,31-32H,6-24H2,1-5H3. The molecule has 0 aliphatic heterocycles. The number of hydrogen-bond acceptors (Lipinski definition) is 0. The zero-order valence-corrected chi connectivity index (χ0v) is 23.5. The summed E-state index contributed by atoms with van der Waals surface area (Å²) in [5, 5.41) is 0. The van der Waals surface area contributed by atoms with E-state index in [1.807, 2.05) is 5.57 Å². The highest BCUT2D eigenvalue weighted by Crippen LogP contribution is 2.91. The average molecular weight is 457 g/mol. The summed E-state index contributed by atoms with van der Waals surface area (Å²) in [4.78, 5) is 0. The molecule has 2 saturated carbocycles. The van der Waals surface area contributed by atoms with E-state index >= 15 is 0 Å². The van der Waals surface area contributed by atoms with Crippen LogP contribution in [0.15, 0.2) is 11.6 Å². The van der Waals surface area contributed by atoms with Crippen LogP contribution in [0.25, 0.3) is 0 Å². The Balaban J connectivity index is 1.18. The predicted octanol–water partition coefficient (Wildman–Crippen LogP) is 11.1. The molecule has 192 valence electrons. The number of rotatable bonds is 22. The zero-order chi connectivity index (χ0) is 23.7. The van der Waals surface area contributed by atoms with Gasteiger partial charge in [0.1, 0.15) is 0 Å². The van der Waals surface area contributed by atoms with Crippen LogP contribution in [0, 0.1) is 40.9 Å². The van der Waals surface area contributed by atoms with Crippen LogP contribution in [0.5, 0.6) is 0 Å². The van der Waals surface area contributed by atoms with Crippen molar-refractivity contribution in [3.63, 3.8) is 0 Å². The average Bonchev–Trinajstić information content (AvgIpc) is 3.75. The molecule has 0 bridgehead atoms. The molecule has 5 atom stereocenters. The zero-order valence-electron chi connectivity index (χ0n) is 23.5. The Kier molecular flexibility index (Phi) is 11.4. The summed E-state index contributed by atoms with van der Waals surface area (Å²) in [6, 6.07) is 0. The van der Waals surface area contributed by atoms with Gasteiger partial charge in [-0.3, -0.25) is 0 Å². The van der Waals surface area contributed by atoms with Crippen molar-refractivity contribution in [2.24, 2.45) is 40.9 Å². The Labute approximate surface area is 209 Å². The molecule has 0 amide bonds. The Bertz CT molecular complexity index is 561. The van der Waals surface area contributed by atoms with Crippen LogP contribution in [0.1, 0.15) is 157 Å². The first-order chi connectivity index (χ1) is 16.1. The predicted molar refractivity (Wildman–Crippen MR) is 148 cm³/mol. The fourth-order valence-electron chi connectivity index (χ4n) is 7.84. The highest BCUT2D eigenvalue weighted by molar-refractivity contribution is 5.58. The first-order valence-corrected chi connectivity index (χ1v) is 15.8. The lowest BCUT2D eigenvalue weighted by molar-refractivity contribution is 0.242. The number of unbranched alkanes of at least 4 members (excludes halogenated alkanes) is 10. The van der Waals surface area contributed by atoms with Gasteiger partial charge in [-0.05, 0) is 41.9 Å². The molecule has 0 heteroatoms. The normalized spacial score (nSPS) is 29.5. The molecular formula is C33H60. The monoisotopic (exact) mass is 456 g/mol. The molecule has 3 rings (SSSR count). The topological polar surface area (TPSA) is 0 Å².